The van der Waals surface area contributed by atoms with Crippen molar-refractivity contribution in [2.75, 3.05) is 7.11 Å². The maximum Gasteiger partial charge on any atom is 0.169 e. The van der Waals surface area contributed by atoms with E-state index in [-0.39, 0.29) is 0 Å². The number of methoxy groups -OCH3 is 1. The highest BCUT2D eigenvalue weighted by molar-refractivity contribution is 6.70. The first-order chi connectivity index (χ1) is 8.69. The molecule has 3 heteroatoms. The Bertz CT molecular complexity index is 489. The van der Waals surface area contributed by atoms with E-state index in [0.717, 1.165) is 17.2 Å². The second-order valence-electron chi connectivity index (χ2n) is 4.50. The molecule has 0 radical (unpaired) electrons. The molecule has 0 aliphatic heterocycles. The molecule has 0 spiro atoms. The van der Waals surface area contributed by atoms with E-state index >= 15 is 0 Å². The number of hydrogen-bond donors (Lipinski definition) is 0. The molecular weight excluding hydrogens is 223 g/mol. The van der Waals surface area contributed by atoms with Gasteiger partial charge < -0.3 is 9.47 Å². The van der Waals surface area contributed by atoms with Gasteiger partial charge in [0, 0.05) is 0 Å². The summed E-state index contributed by atoms with van der Waals surface area (Å²) in [6.45, 7) is 4.90. The Balaban J connectivity index is 2.08. The van der Waals surface area contributed by atoms with Crippen molar-refractivity contribution in [3.63, 3.8) is 0 Å². The van der Waals surface area contributed by atoms with Crippen molar-refractivity contribution >= 4 is 12.2 Å². The summed E-state index contributed by atoms with van der Waals surface area (Å²) in [5.74, 6) is 2.50. The van der Waals surface area contributed by atoms with Crippen LogP contribution in [0.15, 0.2) is 48.5 Å². The van der Waals surface area contributed by atoms with E-state index < -0.39 is 0 Å². The van der Waals surface area contributed by atoms with Gasteiger partial charge in [0.2, 0.25) is 0 Å². The van der Waals surface area contributed by atoms with Gasteiger partial charge in [-0.2, -0.15) is 0 Å². The molecule has 0 saturated carbocycles. The van der Waals surface area contributed by atoms with Gasteiger partial charge in [-0.3, -0.25) is 0 Å². The molecule has 92 valence electrons. The summed E-state index contributed by atoms with van der Waals surface area (Å²) >= 11 is 0. The number of benzene rings is 2. The lowest BCUT2D eigenvalue weighted by Crippen LogP contribution is -2.21. The van der Waals surface area contributed by atoms with Gasteiger partial charge in [-0.15, -0.1) is 0 Å². The molecular formula is C15H17BO2. The van der Waals surface area contributed by atoms with Gasteiger partial charge in [0.25, 0.3) is 0 Å². The summed E-state index contributed by atoms with van der Waals surface area (Å²) in [7, 11) is 1.65. The minimum absolute atomic E-state index is 0.542. The van der Waals surface area contributed by atoms with Crippen molar-refractivity contribution in [2.45, 2.75) is 13.6 Å². The number of rotatable bonds is 4. The molecule has 2 aromatic rings. The first kappa shape index (κ1) is 12.6. The molecule has 0 fully saturated rings. The molecule has 0 amide bonds. The number of ether oxygens (including phenoxy) is 2. The highest BCUT2D eigenvalue weighted by Gasteiger charge is 2.03. The Morgan fingerprint density at radius 3 is 1.61 bits per heavy atom. The Kier molecular flexibility index (Phi) is 3.93. The van der Waals surface area contributed by atoms with Crippen molar-refractivity contribution in [3.8, 4) is 17.2 Å². The Morgan fingerprint density at radius 2 is 1.17 bits per heavy atom. The first-order valence-electron chi connectivity index (χ1n) is 6.11. The van der Waals surface area contributed by atoms with Gasteiger partial charge in [0.05, 0.1) is 7.11 Å². The Morgan fingerprint density at radius 1 is 0.722 bits per heavy atom. The molecule has 0 aliphatic carbocycles. The van der Waals surface area contributed by atoms with Crippen LogP contribution in [0.25, 0.3) is 0 Å². The SMILES string of the molecule is COc1ccc(Oc2ccc(B(C)C)cc2)cc1. The van der Waals surface area contributed by atoms with Crippen molar-refractivity contribution in [3.05, 3.63) is 48.5 Å². The normalized spacial score (nSPS) is 9.94. The summed E-state index contributed by atoms with van der Waals surface area (Å²) in [6.07, 6.45) is 0. The topological polar surface area (TPSA) is 18.5 Å². The number of hydrogen-bond acceptors (Lipinski definition) is 2. The second kappa shape index (κ2) is 5.63. The zero-order chi connectivity index (χ0) is 13.0. The molecule has 0 aromatic heterocycles. The fourth-order valence-corrected chi connectivity index (χ4v) is 1.70. The maximum absolute atomic E-state index is 5.76. The first-order valence-corrected chi connectivity index (χ1v) is 6.11. The fourth-order valence-electron chi connectivity index (χ4n) is 1.70. The molecule has 0 unspecified atom stereocenters. The monoisotopic (exact) mass is 240 g/mol. The molecule has 0 aliphatic rings. The summed E-state index contributed by atoms with van der Waals surface area (Å²) in [6, 6.07) is 15.8. The summed E-state index contributed by atoms with van der Waals surface area (Å²) in [5.41, 5.74) is 1.32. The molecule has 2 aromatic carbocycles. The van der Waals surface area contributed by atoms with Crippen LogP contribution in [-0.2, 0) is 0 Å². The molecule has 0 saturated heterocycles. The third-order valence-corrected chi connectivity index (χ3v) is 2.84. The van der Waals surface area contributed by atoms with Crippen molar-refractivity contribution in [1.29, 1.82) is 0 Å². The van der Waals surface area contributed by atoms with Crippen LogP contribution in [0.1, 0.15) is 0 Å². The lowest BCUT2D eigenvalue weighted by atomic mass is 9.49. The zero-order valence-corrected chi connectivity index (χ0v) is 11.0. The average Bonchev–Trinajstić information content (AvgIpc) is 2.40. The van der Waals surface area contributed by atoms with Gasteiger partial charge in [-0.25, -0.2) is 0 Å². The average molecular weight is 240 g/mol. The van der Waals surface area contributed by atoms with Crippen LogP contribution < -0.4 is 14.9 Å². The van der Waals surface area contributed by atoms with Crippen LogP contribution in [0.2, 0.25) is 13.6 Å². The van der Waals surface area contributed by atoms with Crippen LogP contribution in [0.3, 0.4) is 0 Å². The second-order valence-corrected chi connectivity index (χ2v) is 4.50. The van der Waals surface area contributed by atoms with E-state index in [0.29, 0.717) is 6.71 Å². The fraction of sp³-hybridized carbons (Fsp3) is 0.200. The van der Waals surface area contributed by atoms with E-state index in [1.54, 1.807) is 7.11 Å². The van der Waals surface area contributed by atoms with Crippen LogP contribution in [0, 0.1) is 0 Å². The Labute approximate surface area is 109 Å². The summed E-state index contributed by atoms with van der Waals surface area (Å²) < 4.78 is 10.9. The van der Waals surface area contributed by atoms with Gasteiger partial charge in [-0.05, 0) is 36.4 Å². The zero-order valence-electron chi connectivity index (χ0n) is 11.0. The highest BCUT2D eigenvalue weighted by Crippen LogP contribution is 2.23. The molecule has 0 atom stereocenters. The molecule has 0 heterocycles. The predicted octanol–water partition coefficient (Wildman–Crippen LogP) is 3.45. The van der Waals surface area contributed by atoms with E-state index in [1.165, 1.54) is 5.46 Å². The maximum atomic E-state index is 5.76. The van der Waals surface area contributed by atoms with E-state index in [4.69, 9.17) is 9.47 Å². The quantitative estimate of drug-likeness (QED) is 0.762. The van der Waals surface area contributed by atoms with Crippen molar-refractivity contribution < 1.29 is 9.47 Å². The minimum Gasteiger partial charge on any atom is -0.497 e. The van der Waals surface area contributed by atoms with Crippen molar-refractivity contribution in [2.24, 2.45) is 0 Å². The minimum atomic E-state index is 0.542. The van der Waals surface area contributed by atoms with E-state index in [9.17, 15) is 0 Å². The highest BCUT2D eigenvalue weighted by atomic mass is 16.5. The van der Waals surface area contributed by atoms with Gasteiger partial charge in [0.15, 0.2) is 6.71 Å². The predicted molar refractivity (Wildman–Crippen MR) is 76.6 cm³/mol. The molecule has 0 bridgehead atoms. The molecule has 2 nitrogen and oxygen atoms in total. The van der Waals surface area contributed by atoms with Gasteiger partial charge in [0.1, 0.15) is 17.2 Å². The smallest absolute Gasteiger partial charge is 0.169 e. The van der Waals surface area contributed by atoms with E-state index in [2.05, 4.69) is 25.8 Å². The van der Waals surface area contributed by atoms with Crippen LogP contribution in [0.5, 0.6) is 17.2 Å². The van der Waals surface area contributed by atoms with E-state index in [1.807, 2.05) is 36.4 Å². The van der Waals surface area contributed by atoms with Gasteiger partial charge in [-0.1, -0.05) is 31.2 Å². The third kappa shape index (κ3) is 3.07. The standard InChI is InChI=1S/C15H17BO2/c1-16(2)12-4-6-14(7-5-12)18-15-10-8-13(17-3)9-11-15/h4-11H,1-3H3. The molecule has 0 N–H and O–H groups in total. The lowest BCUT2D eigenvalue weighted by Gasteiger charge is -2.08. The van der Waals surface area contributed by atoms with Crippen LogP contribution in [0.4, 0.5) is 0 Å². The molecule has 18 heavy (non-hydrogen) atoms. The summed E-state index contributed by atoms with van der Waals surface area (Å²) in [4.78, 5) is 0. The lowest BCUT2D eigenvalue weighted by molar-refractivity contribution is 0.413. The Hall–Kier alpha value is -1.90. The third-order valence-electron chi connectivity index (χ3n) is 2.84. The molecule has 2 rings (SSSR count). The van der Waals surface area contributed by atoms with Crippen LogP contribution >= 0.6 is 0 Å². The largest absolute Gasteiger partial charge is 0.497 e. The summed E-state index contributed by atoms with van der Waals surface area (Å²) in [5, 5.41) is 0. The van der Waals surface area contributed by atoms with Crippen molar-refractivity contribution in [1.82, 2.24) is 0 Å². The van der Waals surface area contributed by atoms with Gasteiger partial charge >= 0.3 is 0 Å². The van der Waals surface area contributed by atoms with Crippen LogP contribution in [-0.4, -0.2) is 13.8 Å².